The van der Waals surface area contributed by atoms with Gasteiger partial charge >= 0.3 is 5.97 Å². The molecule has 2 N–H and O–H groups in total. The Labute approximate surface area is 127 Å². The summed E-state index contributed by atoms with van der Waals surface area (Å²) in [5.41, 5.74) is -0.902. The number of carbonyl (C=O) groups is 1. The number of rotatable bonds is 8. The fourth-order valence-corrected chi connectivity index (χ4v) is 4.30. The minimum absolute atomic E-state index is 0.0171. The molecular formula is C14H28N2O4S. The topological polar surface area (TPSA) is 86.7 Å². The molecule has 1 fully saturated rings. The smallest absolute Gasteiger partial charge is 0.323 e. The zero-order valence-electron chi connectivity index (χ0n) is 13.3. The van der Waals surface area contributed by atoms with Crippen LogP contribution >= 0.6 is 0 Å². The number of nitrogens with zero attached hydrogens (tertiary/aromatic N) is 1. The summed E-state index contributed by atoms with van der Waals surface area (Å²) in [5.74, 6) is -0.413. The van der Waals surface area contributed by atoms with E-state index < -0.39 is 21.3 Å². The summed E-state index contributed by atoms with van der Waals surface area (Å²) in [6.45, 7) is 7.62. The van der Waals surface area contributed by atoms with E-state index in [0.29, 0.717) is 19.5 Å². The van der Waals surface area contributed by atoms with Crippen molar-refractivity contribution in [2.45, 2.75) is 51.6 Å². The average molecular weight is 320 g/mol. The predicted molar refractivity (Wildman–Crippen MR) is 83.3 cm³/mol. The maximum absolute atomic E-state index is 11.5. The van der Waals surface area contributed by atoms with Crippen LogP contribution in [0.2, 0.25) is 0 Å². The maximum Gasteiger partial charge on any atom is 0.323 e. The SMILES string of the molecule is CCCNC(C)(CCCN1CCS(=O)(=O)CC1C)C(=O)O. The van der Waals surface area contributed by atoms with Gasteiger partial charge in [0.25, 0.3) is 0 Å². The minimum atomic E-state index is -2.89. The van der Waals surface area contributed by atoms with E-state index in [1.807, 2.05) is 13.8 Å². The molecule has 1 saturated heterocycles. The molecule has 6 nitrogen and oxygen atoms in total. The van der Waals surface area contributed by atoms with Crippen LogP contribution in [0.3, 0.4) is 0 Å². The van der Waals surface area contributed by atoms with Gasteiger partial charge in [-0.1, -0.05) is 6.92 Å². The van der Waals surface area contributed by atoms with E-state index in [4.69, 9.17) is 0 Å². The molecule has 1 heterocycles. The Morgan fingerprint density at radius 2 is 2.14 bits per heavy atom. The second-order valence-corrected chi connectivity index (χ2v) is 8.40. The largest absolute Gasteiger partial charge is 0.480 e. The second kappa shape index (κ2) is 7.56. The molecule has 1 aliphatic rings. The zero-order chi connectivity index (χ0) is 16.1. The van der Waals surface area contributed by atoms with Gasteiger partial charge in [0.2, 0.25) is 0 Å². The first-order valence-corrected chi connectivity index (χ1v) is 9.45. The highest BCUT2D eigenvalue weighted by Gasteiger charge is 2.33. The molecule has 2 atom stereocenters. The zero-order valence-corrected chi connectivity index (χ0v) is 14.1. The summed E-state index contributed by atoms with van der Waals surface area (Å²) in [4.78, 5) is 13.5. The molecule has 0 bridgehead atoms. The highest BCUT2D eigenvalue weighted by atomic mass is 32.2. The Balaban J connectivity index is 2.46. The maximum atomic E-state index is 11.5. The van der Waals surface area contributed by atoms with Gasteiger partial charge in [0.1, 0.15) is 5.54 Å². The highest BCUT2D eigenvalue weighted by molar-refractivity contribution is 7.91. The van der Waals surface area contributed by atoms with Gasteiger partial charge in [0, 0.05) is 12.6 Å². The van der Waals surface area contributed by atoms with Crippen molar-refractivity contribution in [3.63, 3.8) is 0 Å². The molecule has 1 aliphatic heterocycles. The van der Waals surface area contributed by atoms with Crippen LogP contribution in [0.5, 0.6) is 0 Å². The fourth-order valence-electron chi connectivity index (χ4n) is 2.67. The molecule has 0 radical (unpaired) electrons. The van der Waals surface area contributed by atoms with E-state index >= 15 is 0 Å². The lowest BCUT2D eigenvalue weighted by molar-refractivity contribution is -0.144. The third-order valence-corrected chi connectivity index (χ3v) is 5.96. The molecule has 21 heavy (non-hydrogen) atoms. The lowest BCUT2D eigenvalue weighted by atomic mass is 9.95. The number of aliphatic carboxylic acids is 1. The Morgan fingerprint density at radius 3 is 2.67 bits per heavy atom. The van der Waals surface area contributed by atoms with Crippen LogP contribution in [-0.4, -0.2) is 67.1 Å². The Hall–Kier alpha value is -0.660. The summed E-state index contributed by atoms with van der Waals surface area (Å²) in [6, 6.07) is 0.0171. The van der Waals surface area contributed by atoms with Crippen molar-refractivity contribution in [1.82, 2.24) is 10.2 Å². The van der Waals surface area contributed by atoms with Gasteiger partial charge in [-0.15, -0.1) is 0 Å². The van der Waals surface area contributed by atoms with Crippen LogP contribution in [-0.2, 0) is 14.6 Å². The van der Waals surface area contributed by atoms with E-state index in [0.717, 1.165) is 19.4 Å². The molecule has 0 aliphatic carbocycles. The first-order chi connectivity index (χ1) is 9.70. The van der Waals surface area contributed by atoms with Crippen molar-refractivity contribution in [3.8, 4) is 0 Å². The number of carboxylic acid groups (broad SMARTS) is 1. The summed E-state index contributed by atoms with van der Waals surface area (Å²) in [5, 5.41) is 12.5. The lowest BCUT2D eigenvalue weighted by Gasteiger charge is -2.34. The second-order valence-electron chi connectivity index (χ2n) is 6.17. The van der Waals surface area contributed by atoms with Crippen LogP contribution in [0.25, 0.3) is 0 Å². The van der Waals surface area contributed by atoms with Crippen molar-refractivity contribution in [2.24, 2.45) is 0 Å². The van der Waals surface area contributed by atoms with Gasteiger partial charge in [-0.3, -0.25) is 9.69 Å². The van der Waals surface area contributed by atoms with Gasteiger partial charge in [0.05, 0.1) is 11.5 Å². The summed E-state index contributed by atoms with van der Waals surface area (Å²) < 4.78 is 23.1. The van der Waals surface area contributed by atoms with Crippen molar-refractivity contribution in [3.05, 3.63) is 0 Å². The summed E-state index contributed by atoms with van der Waals surface area (Å²) >= 11 is 0. The molecule has 0 aromatic rings. The molecule has 124 valence electrons. The van der Waals surface area contributed by atoms with Crippen molar-refractivity contribution < 1.29 is 18.3 Å². The van der Waals surface area contributed by atoms with E-state index in [2.05, 4.69) is 10.2 Å². The van der Waals surface area contributed by atoms with Gasteiger partial charge in [-0.2, -0.15) is 0 Å². The third kappa shape index (κ3) is 5.56. The fraction of sp³-hybridized carbons (Fsp3) is 0.929. The van der Waals surface area contributed by atoms with Crippen molar-refractivity contribution >= 4 is 15.8 Å². The quantitative estimate of drug-likeness (QED) is 0.685. The number of hydrogen-bond acceptors (Lipinski definition) is 5. The van der Waals surface area contributed by atoms with E-state index in [1.165, 1.54) is 0 Å². The molecule has 0 amide bonds. The Bertz CT molecular complexity index is 452. The monoisotopic (exact) mass is 320 g/mol. The van der Waals surface area contributed by atoms with E-state index in [-0.39, 0.29) is 17.5 Å². The Morgan fingerprint density at radius 1 is 1.48 bits per heavy atom. The van der Waals surface area contributed by atoms with Crippen LogP contribution in [0, 0.1) is 0 Å². The molecule has 0 spiro atoms. The van der Waals surface area contributed by atoms with Gasteiger partial charge in [-0.05, 0) is 46.2 Å². The summed E-state index contributed by atoms with van der Waals surface area (Å²) in [6.07, 6.45) is 2.17. The standard InChI is InChI=1S/C14H28N2O4S/c1-4-7-15-14(3,13(17)18)6-5-8-16-9-10-21(19,20)11-12(16)2/h12,15H,4-11H2,1-3H3,(H,17,18). The third-order valence-electron chi connectivity index (χ3n) is 4.17. The van der Waals surface area contributed by atoms with Crippen molar-refractivity contribution in [2.75, 3.05) is 31.1 Å². The van der Waals surface area contributed by atoms with Crippen LogP contribution in [0.4, 0.5) is 0 Å². The first-order valence-electron chi connectivity index (χ1n) is 7.63. The van der Waals surface area contributed by atoms with Crippen LogP contribution in [0.15, 0.2) is 0 Å². The molecule has 1 rings (SSSR count). The molecule has 2 unspecified atom stereocenters. The number of nitrogens with one attached hydrogen (secondary N) is 1. The molecule has 7 heteroatoms. The molecule has 0 aromatic heterocycles. The van der Waals surface area contributed by atoms with Crippen LogP contribution in [0.1, 0.15) is 40.0 Å². The van der Waals surface area contributed by atoms with Gasteiger partial charge in [-0.25, -0.2) is 8.42 Å². The highest BCUT2D eigenvalue weighted by Crippen LogP contribution is 2.16. The normalized spacial score (nSPS) is 25.4. The molecular weight excluding hydrogens is 292 g/mol. The minimum Gasteiger partial charge on any atom is -0.480 e. The summed E-state index contributed by atoms with van der Waals surface area (Å²) in [7, 11) is -2.89. The van der Waals surface area contributed by atoms with Gasteiger partial charge in [0.15, 0.2) is 9.84 Å². The first kappa shape index (κ1) is 18.4. The average Bonchev–Trinajstić information content (AvgIpc) is 2.38. The van der Waals surface area contributed by atoms with E-state index in [9.17, 15) is 18.3 Å². The molecule has 0 aromatic carbocycles. The molecule has 0 saturated carbocycles. The van der Waals surface area contributed by atoms with Crippen molar-refractivity contribution in [1.29, 1.82) is 0 Å². The van der Waals surface area contributed by atoms with Crippen LogP contribution < -0.4 is 5.32 Å². The lowest BCUT2D eigenvalue weighted by Crippen LogP contribution is -2.51. The number of carboxylic acids is 1. The van der Waals surface area contributed by atoms with E-state index in [1.54, 1.807) is 6.92 Å². The number of hydrogen-bond donors (Lipinski definition) is 2. The Kier molecular flexibility index (Phi) is 6.62. The van der Waals surface area contributed by atoms with Gasteiger partial charge < -0.3 is 10.4 Å². The predicted octanol–water partition coefficient (Wildman–Crippen LogP) is 0.728. The number of sulfone groups is 1.